The number of benzene rings is 1. The number of aliphatic carboxylic acids is 1. The Balaban J connectivity index is 2.03. The van der Waals surface area contributed by atoms with E-state index >= 15 is 0 Å². The fraction of sp³-hybridized carbons (Fsp3) is 0.444. The molecule has 2 rings (SSSR count). The molecule has 1 atom stereocenters. The number of hydrogen-bond acceptors (Lipinski definition) is 3. The second kappa shape index (κ2) is 7.57. The molecule has 1 heterocycles. The first-order chi connectivity index (χ1) is 11.3. The zero-order valence-electron chi connectivity index (χ0n) is 14.6. The smallest absolute Gasteiger partial charge is 0.325 e. The topological polar surface area (TPSA) is 58.4 Å². The molecule has 5 nitrogen and oxygen atoms in total. The van der Waals surface area contributed by atoms with Gasteiger partial charge in [-0.3, -0.25) is 14.4 Å². The van der Waals surface area contributed by atoms with Crippen molar-refractivity contribution in [1.82, 2.24) is 14.7 Å². The van der Waals surface area contributed by atoms with Crippen LogP contribution < -0.4 is 0 Å². The highest BCUT2D eigenvalue weighted by Crippen LogP contribution is 2.22. The summed E-state index contributed by atoms with van der Waals surface area (Å²) in [6.45, 7) is 6.93. The number of likely N-dealkylation sites (N-methyl/N-ethyl adjacent to an activating group) is 1. The van der Waals surface area contributed by atoms with E-state index in [9.17, 15) is 14.3 Å². The van der Waals surface area contributed by atoms with E-state index in [-0.39, 0.29) is 5.82 Å². The number of rotatable bonds is 7. The molecule has 1 aromatic heterocycles. The molecule has 0 aliphatic rings. The van der Waals surface area contributed by atoms with E-state index in [4.69, 9.17) is 0 Å². The molecule has 0 saturated carbocycles. The SMILES string of the molecule is Cc1cc(C)n(CCCN(C)[C@@H](C(=O)O)c2ccc(F)c(C)c2)n1. The normalized spacial score (nSPS) is 12.6. The third-order valence-electron chi connectivity index (χ3n) is 4.16. The molecule has 0 unspecified atom stereocenters. The Bertz CT molecular complexity index is 727. The first-order valence-electron chi connectivity index (χ1n) is 7.99. The number of carboxylic acids is 1. The quantitative estimate of drug-likeness (QED) is 0.846. The molecule has 1 aromatic carbocycles. The van der Waals surface area contributed by atoms with Crippen LogP contribution in [-0.4, -0.2) is 39.3 Å². The lowest BCUT2D eigenvalue weighted by atomic mass is 10.0. The Morgan fingerprint density at radius 1 is 1.33 bits per heavy atom. The van der Waals surface area contributed by atoms with Crippen LogP contribution >= 0.6 is 0 Å². The van der Waals surface area contributed by atoms with Gasteiger partial charge in [0.15, 0.2) is 0 Å². The first-order valence-corrected chi connectivity index (χ1v) is 7.99. The van der Waals surface area contributed by atoms with Crippen LogP contribution in [0.5, 0.6) is 0 Å². The van der Waals surface area contributed by atoms with Gasteiger partial charge in [0.25, 0.3) is 0 Å². The number of aryl methyl sites for hydroxylation is 4. The standard InChI is InChI=1S/C18H24FN3O2/c1-12-10-15(6-7-16(12)19)17(18(23)24)21(4)8-5-9-22-14(3)11-13(2)20-22/h6-7,10-11,17H,5,8-9H2,1-4H3,(H,23,24)/t17-/m1/s1. The molecule has 1 N–H and O–H groups in total. The molecule has 0 radical (unpaired) electrons. The Morgan fingerprint density at radius 2 is 2.04 bits per heavy atom. The summed E-state index contributed by atoms with van der Waals surface area (Å²) in [7, 11) is 1.78. The second-order valence-electron chi connectivity index (χ2n) is 6.23. The Labute approximate surface area is 141 Å². The van der Waals surface area contributed by atoms with Crippen LogP contribution in [0.4, 0.5) is 4.39 Å². The summed E-state index contributed by atoms with van der Waals surface area (Å²) < 4.78 is 15.4. The zero-order chi connectivity index (χ0) is 17.9. The molecule has 0 aliphatic carbocycles. The number of halogens is 1. The van der Waals surface area contributed by atoms with E-state index in [0.29, 0.717) is 17.7 Å². The van der Waals surface area contributed by atoms with E-state index < -0.39 is 12.0 Å². The van der Waals surface area contributed by atoms with E-state index in [1.165, 1.54) is 6.07 Å². The lowest BCUT2D eigenvalue weighted by Crippen LogP contribution is -2.32. The summed E-state index contributed by atoms with van der Waals surface area (Å²) in [4.78, 5) is 13.5. The molecule has 0 bridgehead atoms. The predicted octanol–water partition coefficient (Wildman–Crippen LogP) is 3.10. The molecule has 0 fully saturated rings. The van der Waals surface area contributed by atoms with Crippen LogP contribution in [0.2, 0.25) is 0 Å². The van der Waals surface area contributed by atoms with Gasteiger partial charge in [0.2, 0.25) is 0 Å². The monoisotopic (exact) mass is 333 g/mol. The average Bonchev–Trinajstić information content (AvgIpc) is 2.80. The van der Waals surface area contributed by atoms with Crippen LogP contribution in [0.1, 0.15) is 35.0 Å². The van der Waals surface area contributed by atoms with Crippen molar-refractivity contribution in [3.63, 3.8) is 0 Å². The molecule has 130 valence electrons. The molecule has 24 heavy (non-hydrogen) atoms. The zero-order valence-corrected chi connectivity index (χ0v) is 14.6. The lowest BCUT2D eigenvalue weighted by molar-refractivity contribution is -0.143. The largest absolute Gasteiger partial charge is 0.480 e. The summed E-state index contributed by atoms with van der Waals surface area (Å²) in [6.07, 6.45) is 0.780. The van der Waals surface area contributed by atoms with Crippen molar-refractivity contribution in [1.29, 1.82) is 0 Å². The van der Waals surface area contributed by atoms with E-state index in [1.807, 2.05) is 24.6 Å². The first kappa shape index (κ1) is 18.1. The third-order valence-corrected chi connectivity index (χ3v) is 4.16. The van der Waals surface area contributed by atoms with Crippen molar-refractivity contribution in [2.75, 3.05) is 13.6 Å². The summed E-state index contributed by atoms with van der Waals surface area (Å²) in [5, 5.41) is 14.0. The molecule has 0 aliphatic heterocycles. The van der Waals surface area contributed by atoms with Crippen molar-refractivity contribution in [2.24, 2.45) is 0 Å². The number of aromatic nitrogens is 2. The molecule has 0 saturated heterocycles. The molecule has 0 spiro atoms. The van der Waals surface area contributed by atoms with Crippen molar-refractivity contribution in [2.45, 2.75) is 39.8 Å². The van der Waals surface area contributed by atoms with Gasteiger partial charge >= 0.3 is 5.97 Å². The Hall–Kier alpha value is -2.21. The number of hydrogen-bond donors (Lipinski definition) is 1. The highest BCUT2D eigenvalue weighted by atomic mass is 19.1. The van der Waals surface area contributed by atoms with Crippen molar-refractivity contribution in [3.8, 4) is 0 Å². The van der Waals surface area contributed by atoms with Gasteiger partial charge in [-0.2, -0.15) is 5.10 Å². The van der Waals surface area contributed by atoms with Gasteiger partial charge in [0, 0.05) is 18.8 Å². The fourth-order valence-corrected chi connectivity index (χ4v) is 2.92. The van der Waals surface area contributed by atoms with Crippen LogP contribution in [0.3, 0.4) is 0 Å². The third kappa shape index (κ3) is 4.20. The average molecular weight is 333 g/mol. The van der Waals surface area contributed by atoms with Crippen molar-refractivity contribution < 1.29 is 14.3 Å². The number of carboxylic acid groups (broad SMARTS) is 1. The maximum absolute atomic E-state index is 13.4. The highest BCUT2D eigenvalue weighted by Gasteiger charge is 2.25. The molecule has 6 heteroatoms. The molecule has 2 aromatic rings. The Kier molecular flexibility index (Phi) is 5.72. The summed E-state index contributed by atoms with van der Waals surface area (Å²) in [5.74, 6) is -1.26. The van der Waals surface area contributed by atoms with Crippen LogP contribution in [0.25, 0.3) is 0 Å². The molecule has 0 amide bonds. The van der Waals surface area contributed by atoms with Gasteiger partial charge in [-0.15, -0.1) is 0 Å². The molecular formula is C18H24FN3O2. The van der Waals surface area contributed by atoms with Crippen LogP contribution in [0.15, 0.2) is 24.3 Å². The van der Waals surface area contributed by atoms with E-state index in [1.54, 1.807) is 31.0 Å². The van der Waals surface area contributed by atoms with E-state index in [2.05, 4.69) is 5.10 Å². The number of carbonyl (C=O) groups is 1. The number of nitrogens with zero attached hydrogens (tertiary/aromatic N) is 3. The highest BCUT2D eigenvalue weighted by molar-refractivity contribution is 5.75. The molecular weight excluding hydrogens is 309 g/mol. The van der Waals surface area contributed by atoms with Gasteiger partial charge in [0.05, 0.1) is 5.69 Å². The minimum Gasteiger partial charge on any atom is -0.480 e. The minimum absolute atomic E-state index is 0.324. The maximum atomic E-state index is 13.4. The summed E-state index contributed by atoms with van der Waals surface area (Å²) in [5.41, 5.74) is 3.12. The second-order valence-corrected chi connectivity index (χ2v) is 6.23. The van der Waals surface area contributed by atoms with Gasteiger partial charge in [-0.05, 0) is 57.5 Å². The van der Waals surface area contributed by atoms with E-state index in [0.717, 1.165) is 24.4 Å². The summed E-state index contributed by atoms with van der Waals surface area (Å²) in [6, 6.07) is 5.70. The predicted molar refractivity (Wildman–Crippen MR) is 90.5 cm³/mol. The van der Waals surface area contributed by atoms with Crippen LogP contribution in [0, 0.1) is 26.6 Å². The van der Waals surface area contributed by atoms with Crippen molar-refractivity contribution in [3.05, 3.63) is 52.6 Å². The fourth-order valence-electron chi connectivity index (χ4n) is 2.92. The van der Waals surface area contributed by atoms with Gasteiger partial charge in [-0.1, -0.05) is 12.1 Å². The van der Waals surface area contributed by atoms with Gasteiger partial charge in [-0.25, -0.2) is 4.39 Å². The van der Waals surface area contributed by atoms with Crippen molar-refractivity contribution >= 4 is 5.97 Å². The van der Waals surface area contributed by atoms with Crippen LogP contribution in [-0.2, 0) is 11.3 Å². The maximum Gasteiger partial charge on any atom is 0.325 e. The summed E-state index contributed by atoms with van der Waals surface area (Å²) >= 11 is 0. The van der Waals surface area contributed by atoms with Gasteiger partial charge < -0.3 is 5.11 Å². The Morgan fingerprint density at radius 3 is 2.58 bits per heavy atom. The van der Waals surface area contributed by atoms with Gasteiger partial charge in [0.1, 0.15) is 11.9 Å². The minimum atomic E-state index is -0.936. The lowest BCUT2D eigenvalue weighted by Gasteiger charge is -2.25.